The van der Waals surface area contributed by atoms with Crippen molar-refractivity contribution in [2.24, 2.45) is 17.8 Å². The van der Waals surface area contributed by atoms with Gasteiger partial charge in [0.1, 0.15) is 0 Å². The number of hydrogen-bond donors (Lipinski definition) is 0. The molecule has 4 aliphatic carbocycles. The number of anilines is 3. The second kappa shape index (κ2) is 10.4. The Morgan fingerprint density at radius 3 is 1.14 bits per heavy atom. The molecule has 0 heterocycles. The zero-order valence-electron chi connectivity index (χ0n) is 27.2. The third-order valence-electron chi connectivity index (χ3n) is 11.0. The normalized spacial score (nSPS) is 24.7. The van der Waals surface area contributed by atoms with Gasteiger partial charge in [-0.1, -0.05) is 102 Å². The van der Waals surface area contributed by atoms with Gasteiger partial charge in [-0.05, 0) is 137 Å². The summed E-state index contributed by atoms with van der Waals surface area (Å²) in [5.74, 6) is 2.95. The number of rotatable bonds is 5. The van der Waals surface area contributed by atoms with Crippen molar-refractivity contribution in [3.63, 3.8) is 0 Å². The lowest BCUT2D eigenvalue weighted by Crippen LogP contribution is -2.48. The third-order valence-corrected chi connectivity index (χ3v) is 11.0. The predicted molar refractivity (Wildman–Crippen MR) is 184 cm³/mol. The van der Waals surface area contributed by atoms with Gasteiger partial charge in [0.25, 0.3) is 0 Å². The maximum atomic E-state index is 2.47. The second-order valence-corrected chi connectivity index (χ2v) is 16.3. The molecule has 0 saturated heterocycles. The number of nitrogens with zero attached hydrogens (tertiary/aromatic N) is 1. The minimum Gasteiger partial charge on any atom is -0.311 e. The van der Waals surface area contributed by atoms with Crippen LogP contribution in [0, 0.1) is 17.8 Å². The Balaban J connectivity index is 1.18. The largest absolute Gasteiger partial charge is 0.311 e. The summed E-state index contributed by atoms with van der Waals surface area (Å²) < 4.78 is 0. The fourth-order valence-electron chi connectivity index (χ4n) is 8.95. The standard InChI is InChI=1S/C42H49N/c1-40(2,3)34-13-19-38(20-14-34)43(39-21-15-35(16-22-39)41(4,5)6)37-17-9-33(10-18-37)32-7-11-36(12-8-32)42-26-29-23-30(27-42)25-31(24-29)28-42/h7-22,29-31H,23-28H2,1-6H3. The van der Waals surface area contributed by atoms with Crippen LogP contribution in [0.25, 0.3) is 11.1 Å². The first kappa shape index (κ1) is 28.5. The summed E-state index contributed by atoms with van der Waals surface area (Å²) in [5.41, 5.74) is 11.2. The molecule has 0 atom stereocenters. The summed E-state index contributed by atoms with van der Waals surface area (Å²) in [6, 6.07) is 37.1. The van der Waals surface area contributed by atoms with Gasteiger partial charge in [0, 0.05) is 17.1 Å². The molecule has 4 aromatic rings. The topological polar surface area (TPSA) is 3.24 Å². The van der Waals surface area contributed by atoms with Gasteiger partial charge in [-0.15, -0.1) is 0 Å². The van der Waals surface area contributed by atoms with Crippen LogP contribution in [0.2, 0.25) is 0 Å². The molecule has 43 heavy (non-hydrogen) atoms. The van der Waals surface area contributed by atoms with Crippen molar-refractivity contribution in [1.29, 1.82) is 0 Å². The van der Waals surface area contributed by atoms with E-state index >= 15 is 0 Å². The second-order valence-electron chi connectivity index (χ2n) is 16.3. The van der Waals surface area contributed by atoms with Gasteiger partial charge < -0.3 is 4.90 Å². The van der Waals surface area contributed by atoms with Crippen molar-refractivity contribution in [3.8, 4) is 11.1 Å². The lowest BCUT2D eigenvalue weighted by molar-refractivity contribution is -0.00518. The zero-order valence-corrected chi connectivity index (χ0v) is 27.2. The third kappa shape index (κ3) is 5.45. The average molecular weight is 568 g/mol. The summed E-state index contributed by atoms with van der Waals surface area (Å²) >= 11 is 0. The quantitative estimate of drug-likeness (QED) is 0.232. The fraction of sp³-hybridized carbons (Fsp3) is 0.429. The highest BCUT2D eigenvalue weighted by Crippen LogP contribution is 2.60. The van der Waals surface area contributed by atoms with E-state index in [1.54, 1.807) is 5.56 Å². The molecule has 0 spiro atoms. The van der Waals surface area contributed by atoms with Crippen LogP contribution in [-0.2, 0) is 16.2 Å². The van der Waals surface area contributed by atoms with E-state index in [1.807, 2.05) is 0 Å². The lowest BCUT2D eigenvalue weighted by Gasteiger charge is -2.57. The van der Waals surface area contributed by atoms with E-state index < -0.39 is 0 Å². The Morgan fingerprint density at radius 2 is 0.791 bits per heavy atom. The summed E-state index contributed by atoms with van der Waals surface area (Å²) in [6.07, 6.45) is 8.79. The molecule has 0 aromatic heterocycles. The molecule has 4 fully saturated rings. The monoisotopic (exact) mass is 567 g/mol. The van der Waals surface area contributed by atoms with Gasteiger partial charge in [0.05, 0.1) is 0 Å². The van der Waals surface area contributed by atoms with E-state index in [4.69, 9.17) is 0 Å². The van der Waals surface area contributed by atoms with Crippen LogP contribution in [0.3, 0.4) is 0 Å². The van der Waals surface area contributed by atoms with Crippen molar-refractivity contribution < 1.29 is 0 Å². The molecule has 1 nitrogen and oxygen atoms in total. The fourth-order valence-corrected chi connectivity index (χ4v) is 8.95. The Labute approximate surface area is 260 Å². The van der Waals surface area contributed by atoms with Crippen LogP contribution < -0.4 is 4.90 Å². The van der Waals surface area contributed by atoms with Gasteiger partial charge >= 0.3 is 0 Å². The molecule has 1 heteroatoms. The van der Waals surface area contributed by atoms with Gasteiger partial charge in [-0.3, -0.25) is 0 Å². The van der Waals surface area contributed by atoms with Gasteiger partial charge in [-0.2, -0.15) is 0 Å². The van der Waals surface area contributed by atoms with Crippen molar-refractivity contribution in [2.75, 3.05) is 4.90 Å². The Hall–Kier alpha value is -3.32. The van der Waals surface area contributed by atoms with Crippen LogP contribution in [0.4, 0.5) is 17.1 Å². The molecule has 0 unspecified atom stereocenters. The van der Waals surface area contributed by atoms with Crippen LogP contribution in [0.15, 0.2) is 97.1 Å². The molecule has 8 rings (SSSR count). The van der Waals surface area contributed by atoms with Gasteiger partial charge in [-0.25, -0.2) is 0 Å². The molecule has 0 radical (unpaired) electrons. The molecule has 4 saturated carbocycles. The first-order chi connectivity index (χ1) is 20.5. The average Bonchev–Trinajstić information content (AvgIpc) is 2.97. The molecular weight excluding hydrogens is 518 g/mol. The smallest absolute Gasteiger partial charge is 0.0462 e. The van der Waals surface area contributed by atoms with Crippen LogP contribution in [0.1, 0.15) is 96.8 Å². The molecule has 0 amide bonds. The maximum Gasteiger partial charge on any atom is 0.0462 e. The van der Waals surface area contributed by atoms with Gasteiger partial charge in [0.15, 0.2) is 0 Å². The zero-order chi connectivity index (χ0) is 30.0. The molecule has 4 bridgehead atoms. The predicted octanol–water partition coefficient (Wildman–Crippen LogP) is 11.9. The van der Waals surface area contributed by atoms with E-state index in [9.17, 15) is 0 Å². The highest BCUT2D eigenvalue weighted by atomic mass is 15.1. The highest BCUT2D eigenvalue weighted by Gasteiger charge is 2.51. The molecule has 4 aromatic carbocycles. The highest BCUT2D eigenvalue weighted by molar-refractivity contribution is 5.78. The summed E-state index contributed by atoms with van der Waals surface area (Å²) in [4.78, 5) is 2.39. The molecular formula is C42H49N. The summed E-state index contributed by atoms with van der Waals surface area (Å²) in [7, 11) is 0. The first-order valence-electron chi connectivity index (χ1n) is 16.7. The van der Waals surface area contributed by atoms with E-state index in [0.29, 0.717) is 5.41 Å². The van der Waals surface area contributed by atoms with Crippen molar-refractivity contribution >= 4 is 17.1 Å². The Kier molecular flexibility index (Phi) is 6.88. The maximum absolute atomic E-state index is 2.47. The van der Waals surface area contributed by atoms with Gasteiger partial charge in [0.2, 0.25) is 0 Å². The SMILES string of the molecule is CC(C)(C)c1ccc(N(c2ccc(-c3ccc(C45CC6CC(CC(C6)C4)C5)cc3)cc2)c2ccc(C(C)(C)C)cc2)cc1. The summed E-state index contributed by atoms with van der Waals surface area (Å²) in [6.45, 7) is 13.7. The Morgan fingerprint density at radius 1 is 0.465 bits per heavy atom. The first-order valence-corrected chi connectivity index (χ1v) is 16.7. The molecule has 0 N–H and O–H groups in total. The van der Waals surface area contributed by atoms with Crippen molar-refractivity contribution in [2.45, 2.75) is 96.3 Å². The van der Waals surface area contributed by atoms with Crippen molar-refractivity contribution in [1.82, 2.24) is 0 Å². The van der Waals surface area contributed by atoms with Crippen LogP contribution in [-0.4, -0.2) is 0 Å². The van der Waals surface area contributed by atoms with Crippen molar-refractivity contribution in [3.05, 3.63) is 114 Å². The van der Waals surface area contributed by atoms with E-state index in [1.165, 1.54) is 77.8 Å². The molecule has 222 valence electrons. The Bertz CT molecular complexity index is 1470. The van der Waals surface area contributed by atoms with Crippen LogP contribution >= 0.6 is 0 Å². The number of benzene rings is 4. The number of hydrogen-bond acceptors (Lipinski definition) is 1. The minimum absolute atomic E-state index is 0.130. The summed E-state index contributed by atoms with van der Waals surface area (Å²) in [5, 5.41) is 0. The lowest BCUT2D eigenvalue weighted by atomic mass is 9.48. The van der Waals surface area contributed by atoms with Crippen LogP contribution in [0.5, 0.6) is 0 Å². The molecule has 4 aliphatic rings. The van der Waals surface area contributed by atoms with E-state index in [2.05, 4.69) is 144 Å². The minimum atomic E-state index is 0.130. The van der Waals surface area contributed by atoms with E-state index in [0.717, 1.165) is 17.8 Å². The van der Waals surface area contributed by atoms with E-state index in [-0.39, 0.29) is 10.8 Å². The molecule has 0 aliphatic heterocycles.